The number of hydrogen-bond acceptors (Lipinski definition) is 5. The summed E-state index contributed by atoms with van der Waals surface area (Å²) in [5, 5.41) is 6.75. The number of likely N-dealkylation sites (N-methyl/N-ethyl adjacent to an activating group) is 1. The second kappa shape index (κ2) is 8.89. The lowest BCUT2D eigenvalue weighted by Crippen LogP contribution is -2.30. The normalized spacial score (nSPS) is 11.7. The molecule has 0 radical (unpaired) electrons. The number of hydrogen-bond donors (Lipinski definition) is 1. The van der Waals surface area contributed by atoms with Crippen LogP contribution in [0.15, 0.2) is 40.9 Å². The Labute approximate surface area is 178 Å². The second-order valence-electron chi connectivity index (χ2n) is 7.58. The van der Waals surface area contributed by atoms with E-state index in [1.807, 2.05) is 32.9 Å². The van der Waals surface area contributed by atoms with E-state index in [9.17, 15) is 18.0 Å². The molecule has 1 N–H and O–H groups in total. The molecule has 1 heterocycles. The van der Waals surface area contributed by atoms with E-state index in [0.717, 1.165) is 34.5 Å². The van der Waals surface area contributed by atoms with E-state index in [1.54, 1.807) is 11.9 Å². The van der Waals surface area contributed by atoms with Crippen LogP contribution in [0, 0.1) is 20.8 Å². The summed E-state index contributed by atoms with van der Waals surface area (Å²) < 4.78 is 43.2. The number of benzene rings is 2. The fourth-order valence-corrected chi connectivity index (χ4v) is 3.33. The molecular formula is C22H23F3N4O2. The van der Waals surface area contributed by atoms with Crippen molar-refractivity contribution in [1.29, 1.82) is 0 Å². The van der Waals surface area contributed by atoms with Crippen molar-refractivity contribution in [1.82, 2.24) is 15.0 Å². The maximum Gasteiger partial charge on any atom is 0.416 e. The number of nitrogens with one attached hydrogen (secondary N) is 1. The molecule has 0 aliphatic rings. The maximum atomic E-state index is 12.7. The van der Waals surface area contributed by atoms with Crippen LogP contribution in [0.25, 0.3) is 11.4 Å². The predicted octanol–water partition coefficient (Wildman–Crippen LogP) is 4.75. The lowest BCUT2D eigenvalue weighted by molar-refractivity contribution is -0.137. The summed E-state index contributed by atoms with van der Waals surface area (Å²) in [6, 6.07) is 8.54. The molecule has 0 atom stereocenters. The van der Waals surface area contributed by atoms with Gasteiger partial charge >= 0.3 is 6.18 Å². The average Bonchev–Trinajstić information content (AvgIpc) is 3.12. The molecular weight excluding hydrogens is 409 g/mol. The molecule has 0 aliphatic heterocycles. The number of halogens is 3. The number of nitrogens with zero attached hydrogens (tertiary/aromatic N) is 3. The van der Waals surface area contributed by atoms with Gasteiger partial charge in [-0.25, -0.2) is 0 Å². The van der Waals surface area contributed by atoms with Crippen molar-refractivity contribution in [2.24, 2.45) is 0 Å². The van der Waals surface area contributed by atoms with Gasteiger partial charge in [-0.15, -0.1) is 0 Å². The van der Waals surface area contributed by atoms with Gasteiger partial charge in [-0.1, -0.05) is 35.0 Å². The third-order valence-corrected chi connectivity index (χ3v) is 4.70. The van der Waals surface area contributed by atoms with E-state index in [2.05, 4.69) is 15.5 Å². The third-order valence-electron chi connectivity index (χ3n) is 4.70. The van der Waals surface area contributed by atoms with E-state index in [-0.39, 0.29) is 30.7 Å². The summed E-state index contributed by atoms with van der Waals surface area (Å²) >= 11 is 0. The van der Waals surface area contributed by atoms with Gasteiger partial charge in [0.15, 0.2) is 0 Å². The zero-order valence-corrected chi connectivity index (χ0v) is 17.7. The van der Waals surface area contributed by atoms with Crippen molar-refractivity contribution < 1.29 is 22.5 Å². The average molecular weight is 432 g/mol. The molecule has 2 aromatic carbocycles. The Hall–Kier alpha value is -3.20. The molecule has 164 valence electrons. The van der Waals surface area contributed by atoms with Gasteiger partial charge in [-0.3, -0.25) is 9.69 Å². The minimum Gasteiger partial charge on any atom is -0.338 e. The topological polar surface area (TPSA) is 71.3 Å². The van der Waals surface area contributed by atoms with E-state index in [1.165, 1.54) is 12.1 Å². The fourth-order valence-electron chi connectivity index (χ4n) is 3.33. The van der Waals surface area contributed by atoms with Crippen LogP contribution in [-0.2, 0) is 17.5 Å². The van der Waals surface area contributed by atoms with Crippen molar-refractivity contribution in [3.8, 4) is 11.4 Å². The van der Waals surface area contributed by atoms with Crippen LogP contribution in [0.5, 0.6) is 0 Å². The predicted molar refractivity (Wildman–Crippen MR) is 110 cm³/mol. The van der Waals surface area contributed by atoms with E-state index >= 15 is 0 Å². The summed E-state index contributed by atoms with van der Waals surface area (Å²) in [7, 11) is 1.73. The molecule has 9 heteroatoms. The van der Waals surface area contributed by atoms with Crippen molar-refractivity contribution in [2.75, 3.05) is 18.9 Å². The van der Waals surface area contributed by atoms with Gasteiger partial charge in [0.1, 0.15) is 0 Å². The van der Waals surface area contributed by atoms with Crippen molar-refractivity contribution in [2.45, 2.75) is 33.5 Å². The molecule has 0 fully saturated rings. The van der Waals surface area contributed by atoms with Crippen molar-refractivity contribution in [3.63, 3.8) is 0 Å². The summed E-state index contributed by atoms with van der Waals surface area (Å²) in [6.07, 6.45) is -4.40. The summed E-state index contributed by atoms with van der Waals surface area (Å²) in [6.45, 7) is 6.21. The fraction of sp³-hybridized carbons (Fsp3) is 0.318. The van der Waals surface area contributed by atoms with Crippen LogP contribution in [0.3, 0.4) is 0 Å². The highest BCUT2D eigenvalue weighted by atomic mass is 19.4. The first-order valence-corrected chi connectivity index (χ1v) is 9.59. The highest BCUT2D eigenvalue weighted by molar-refractivity contribution is 5.93. The highest BCUT2D eigenvalue weighted by Crippen LogP contribution is 2.30. The lowest BCUT2D eigenvalue weighted by atomic mass is 10.1. The van der Waals surface area contributed by atoms with Crippen LogP contribution < -0.4 is 5.32 Å². The van der Waals surface area contributed by atoms with Gasteiger partial charge in [-0.2, -0.15) is 18.2 Å². The number of anilines is 1. The third kappa shape index (κ3) is 5.69. The van der Waals surface area contributed by atoms with Crippen LogP contribution in [0.2, 0.25) is 0 Å². The summed E-state index contributed by atoms with van der Waals surface area (Å²) in [5.74, 6) is 0.264. The SMILES string of the molecule is Cc1cc(C)c(NC(=O)CN(C)Cc2nc(-c3ccc(C(F)(F)F)cc3)no2)c(C)c1. The number of carbonyl (C=O) groups is 1. The van der Waals surface area contributed by atoms with Crippen LogP contribution in [0.1, 0.15) is 28.1 Å². The second-order valence-corrected chi connectivity index (χ2v) is 7.58. The first kappa shape index (κ1) is 22.5. The Kier molecular flexibility index (Phi) is 6.45. The monoisotopic (exact) mass is 432 g/mol. The molecule has 0 unspecified atom stereocenters. The molecule has 0 saturated heterocycles. The minimum atomic E-state index is -4.40. The van der Waals surface area contributed by atoms with Crippen LogP contribution in [-0.4, -0.2) is 34.5 Å². The molecule has 0 saturated carbocycles. The van der Waals surface area contributed by atoms with Crippen LogP contribution >= 0.6 is 0 Å². The van der Waals surface area contributed by atoms with Crippen molar-refractivity contribution in [3.05, 3.63) is 64.5 Å². The molecule has 6 nitrogen and oxygen atoms in total. The molecule has 0 spiro atoms. The molecule has 0 aliphatic carbocycles. The summed E-state index contributed by atoms with van der Waals surface area (Å²) in [4.78, 5) is 18.3. The number of rotatable bonds is 6. The van der Waals surface area contributed by atoms with E-state index < -0.39 is 11.7 Å². The van der Waals surface area contributed by atoms with Gasteiger partial charge in [-0.05, 0) is 51.1 Å². The Morgan fingerprint density at radius 3 is 2.29 bits per heavy atom. The molecule has 0 bridgehead atoms. The molecule has 31 heavy (non-hydrogen) atoms. The maximum absolute atomic E-state index is 12.7. The van der Waals surface area contributed by atoms with E-state index in [0.29, 0.717) is 5.56 Å². The Morgan fingerprint density at radius 1 is 1.10 bits per heavy atom. The zero-order valence-electron chi connectivity index (χ0n) is 17.7. The number of amides is 1. The largest absolute Gasteiger partial charge is 0.416 e. The molecule has 3 rings (SSSR count). The Morgan fingerprint density at radius 2 is 1.71 bits per heavy atom. The van der Waals surface area contributed by atoms with E-state index in [4.69, 9.17) is 4.52 Å². The number of carbonyl (C=O) groups excluding carboxylic acids is 1. The van der Waals surface area contributed by atoms with Gasteiger partial charge in [0.05, 0.1) is 18.7 Å². The van der Waals surface area contributed by atoms with Crippen molar-refractivity contribution >= 4 is 11.6 Å². The summed E-state index contributed by atoms with van der Waals surface area (Å²) in [5.41, 5.74) is 3.58. The first-order chi connectivity index (χ1) is 14.5. The van der Waals surface area contributed by atoms with Gasteiger partial charge in [0.25, 0.3) is 0 Å². The van der Waals surface area contributed by atoms with Crippen LogP contribution in [0.4, 0.5) is 18.9 Å². The number of aromatic nitrogens is 2. The Bertz CT molecular complexity index is 1050. The number of alkyl halides is 3. The first-order valence-electron chi connectivity index (χ1n) is 9.59. The standard InChI is InChI=1S/C22H23F3N4O2/c1-13-9-14(2)20(15(3)10-13)26-18(30)11-29(4)12-19-27-21(28-31-19)16-5-7-17(8-6-16)22(23,24)25/h5-10H,11-12H2,1-4H3,(H,26,30). The highest BCUT2D eigenvalue weighted by Gasteiger charge is 2.30. The quantitative estimate of drug-likeness (QED) is 0.609. The molecule has 1 aromatic heterocycles. The Balaban J connectivity index is 1.60. The lowest BCUT2D eigenvalue weighted by Gasteiger charge is -2.16. The smallest absolute Gasteiger partial charge is 0.338 e. The van der Waals surface area contributed by atoms with Gasteiger partial charge in [0, 0.05) is 11.3 Å². The molecule has 3 aromatic rings. The molecule has 1 amide bonds. The minimum absolute atomic E-state index is 0.102. The van der Waals surface area contributed by atoms with Gasteiger partial charge in [0.2, 0.25) is 17.6 Å². The zero-order chi connectivity index (χ0) is 22.8. The van der Waals surface area contributed by atoms with Gasteiger partial charge < -0.3 is 9.84 Å². The number of aryl methyl sites for hydroxylation is 3.